The second-order valence-corrected chi connectivity index (χ2v) is 2.23. The summed E-state index contributed by atoms with van der Waals surface area (Å²) in [6.07, 6.45) is -0.502. The van der Waals surface area contributed by atoms with E-state index in [1.807, 2.05) is 0 Å². The third kappa shape index (κ3) is 2.77. The molecule has 0 bridgehead atoms. The van der Waals surface area contributed by atoms with Crippen LogP contribution in [0.3, 0.4) is 0 Å². The van der Waals surface area contributed by atoms with Crippen LogP contribution in [-0.2, 0) is 4.79 Å². The van der Waals surface area contributed by atoms with Crippen LogP contribution in [0.25, 0.3) is 0 Å². The summed E-state index contributed by atoms with van der Waals surface area (Å²) in [5.74, 6) is -1.42. The number of quaternary nitrogens is 1. The van der Waals surface area contributed by atoms with Crippen LogP contribution in [-0.4, -0.2) is 18.2 Å². The fourth-order valence-electron chi connectivity index (χ4n) is 0.625. The molecule has 0 unspecified atom stereocenters. The van der Waals surface area contributed by atoms with Gasteiger partial charge in [-0.15, -0.1) is 0 Å². The standard InChI is InChI=1S/C6H12FNO2/c1-2-3-4(7)5(8)6(9)10/h4-5H,2-3,8H2,1H3,(H,9,10)/t4-,5-/m1/s1. The number of alkyl halides is 1. The summed E-state index contributed by atoms with van der Waals surface area (Å²) >= 11 is 0. The van der Waals surface area contributed by atoms with E-state index in [2.05, 4.69) is 5.73 Å². The average Bonchev–Trinajstić information content (AvgIpc) is 1.87. The maximum absolute atomic E-state index is 12.6. The molecule has 0 aromatic carbocycles. The van der Waals surface area contributed by atoms with Crippen molar-refractivity contribution in [2.24, 2.45) is 0 Å². The van der Waals surface area contributed by atoms with Crippen molar-refractivity contribution in [3.63, 3.8) is 0 Å². The first-order chi connectivity index (χ1) is 4.59. The molecule has 0 saturated carbocycles. The minimum atomic E-state index is -1.42. The maximum atomic E-state index is 12.6. The van der Waals surface area contributed by atoms with Gasteiger partial charge in [-0.2, -0.15) is 0 Å². The van der Waals surface area contributed by atoms with Crippen molar-refractivity contribution in [3.8, 4) is 0 Å². The number of carbonyl (C=O) groups is 1. The molecule has 0 rings (SSSR count). The van der Waals surface area contributed by atoms with Crippen molar-refractivity contribution in [1.29, 1.82) is 0 Å². The number of halogens is 1. The highest BCUT2D eigenvalue weighted by Gasteiger charge is 2.19. The molecule has 0 aromatic heterocycles. The summed E-state index contributed by atoms with van der Waals surface area (Å²) in [5.41, 5.74) is 3.12. The summed E-state index contributed by atoms with van der Waals surface area (Å²) in [6, 6.07) is -1.22. The van der Waals surface area contributed by atoms with Gasteiger partial charge in [0.25, 0.3) is 0 Å². The third-order valence-electron chi connectivity index (χ3n) is 1.30. The monoisotopic (exact) mass is 149 g/mol. The van der Waals surface area contributed by atoms with Gasteiger partial charge in [0.2, 0.25) is 0 Å². The zero-order chi connectivity index (χ0) is 8.15. The van der Waals surface area contributed by atoms with Crippen LogP contribution in [0.2, 0.25) is 0 Å². The molecule has 3 nitrogen and oxygen atoms in total. The van der Waals surface area contributed by atoms with Crippen molar-refractivity contribution < 1.29 is 20.0 Å². The van der Waals surface area contributed by atoms with Crippen LogP contribution in [0.1, 0.15) is 19.8 Å². The molecule has 0 spiro atoms. The highest BCUT2D eigenvalue weighted by Crippen LogP contribution is 2.02. The van der Waals surface area contributed by atoms with E-state index >= 15 is 0 Å². The van der Waals surface area contributed by atoms with Gasteiger partial charge in [0.15, 0.2) is 12.2 Å². The number of carbonyl (C=O) groups excluding carboxylic acids is 1. The van der Waals surface area contributed by atoms with E-state index in [0.717, 1.165) is 0 Å². The van der Waals surface area contributed by atoms with Gasteiger partial charge in [-0.1, -0.05) is 13.3 Å². The molecular formula is C6H12FNO2. The van der Waals surface area contributed by atoms with Crippen molar-refractivity contribution in [3.05, 3.63) is 0 Å². The normalized spacial score (nSPS) is 16.3. The quantitative estimate of drug-likeness (QED) is 0.527. The van der Waals surface area contributed by atoms with Crippen LogP contribution in [0.5, 0.6) is 0 Å². The second kappa shape index (κ2) is 4.22. The predicted octanol–water partition coefficient (Wildman–Crippen LogP) is -1.51. The second-order valence-electron chi connectivity index (χ2n) is 2.23. The van der Waals surface area contributed by atoms with Gasteiger partial charge in [0, 0.05) is 0 Å². The lowest BCUT2D eigenvalue weighted by atomic mass is 10.1. The highest BCUT2D eigenvalue weighted by molar-refractivity contribution is 5.69. The molecule has 0 aliphatic carbocycles. The predicted molar refractivity (Wildman–Crippen MR) is 31.5 cm³/mol. The molecule has 0 aliphatic rings. The lowest BCUT2D eigenvalue weighted by Crippen LogP contribution is -2.72. The SMILES string of the molecule is CCC[C@@H](F)[C@@H]([NH3+])C(=O)[O-]. The van der Waals surface area contributed by atoms with E-state index in [9.17, 15) is 14.3 Å². The molecule has 0 radical (unpaired) electrons. The Hall–Kier alpha value is -0.640. The molecule has 0 saturated heterocycles. The Bertz CT molecular complexity index is 118. The molecule has 0 fully saturated rings. The Morgan fingerprint density at radius 1 is 1.80 bits per heavy atom. The van der Waals surface area contributed by atoms with Crippen molar-refractivity contribution in [2.75, 3.05) is 0 Å². The topological polar surface area (TPSA) is 67.8 Å². The Balaban J connectivity index is 3.69. The summed E-state index contributed by atoms with van der Waals surface area (Å²) < 4.78 is 12.6. The lowest BCUT2D eigenvalue weighted by molar-refractivity contribution is -0.447. The number of aliphatic carboxylic acids is 1. The summed E-state index contributed by atoms with van der Waals surface area (Å²) in [6.45, 7) is 1.79. The zero-order valence-corrected chi connectivity index (χ0v) is 5.97. The zero-order valence-electron chi connectivity index (χ0n) is 5.97. The highest BCUT2D eigenvalue weighted by atomic mass is 19.1. The molecule has 0 heterocycles. The van der Waals surface area contributed by atoms with Gasteiger partial charge >= 0.3 is 0 Å². The van der Waals surface area contributed by atoms with Gasteiger partial charge in [-0.25, -0.2) is 4.39 Å². The summed E-state index contributed by atoms with van der Waals surface area (Å²) in [7, 11) is 0. The number of hydrogen-bond donors (Lipinski definition) is 1. The first-order valence-electron chi connectivity index (χ1n) is 3.27. The minimum Gasteiger partial charge on any atom is -0.544 e. The Morgan fingerprint density at radius 2 is 2.30 bits per heavy atom. The smallest absolute Gasteiger partial charge is 0.157 e. The molecule has 2 atom stereocenters. The van der Waals surface area contributed by atoms with Gasteiger partial charge in [-0.3, -0.25) is 0 Å². The van der Waals surface area contributed by atoms with Crippen LogP contribution in [0.15, 0.2) is 0 Å². The number of rotatable bonds is 4. The van der Waals surface area contributed by atoms with Crippen LogP contribution in [0, 0.1) is 0 Å². The number of hydrogen-bond acceptors (Lipinski definition) is 2. The first kappa shape index (κ1) is 9.36. The van der Waals surface area contributed by atoms with E-state index in [4.69, 9.17) is 0 Å². The van der Waals surface area contributed by atoms with Gasteiger partial charge in [-0.05, 0) is 6.42 Å². The fourth-order valence-corrected chi connectivity index (χ4v) is 0.625. The van der Waals surface area contributed by atoms with E-state index in [1.54, 1.807) is 6.92 Å². The van der Waals surface area contributed by atoms with Gasteiger partial charge < -0.3 is 15.6 Å². The van der Waals surface area contributed by atoms with Gasteiger partial charge in [0.05, 0.1) is 0 Å². The minimum absolute atomic E-state index is 0.238. The third-order valence-corrected chi connectivity index (χ3v) is 1.30. The first-order valence-corrected chi connectivity index (χ1v) is 3.27. The molecule has 0 aromatic rings. The lowest BCUT2D eigenvalue weighted by Gasteiger charge is -2.12. The molecule has 60 valence electrons. The van der Waals surface area contributed by atoms with Crippen LogP contribution < -0.4 is 10.8 Å². The van der Waals surface area contributed by atoms with E-state index in [1.165, 1.54) is 0 Å². The summed E-state index contributed by atoms with van der Waals surface area (Å²) in [4.78, 5) is 10.0. The molecular weight excluding hydrogens is 137 g/mol. The fraction of sp³-hybridized carbons (Fsp3) is 0.833. The van der Waals surface area contributed by atoms with Crippen molar-refractivity contribution >= 4 is 5.97 Å². The Labute approximate surface area is 59.0 Å². The molecule has 0 aliphatic heterocycles. The Morgan fingerprint density at radius 3 is 2.60 bits per heavy atom. The van der Waals surface area contributed by atoms with Crippen LogP contribution in [0.4, 0.5) is 4.39 Å². The molecule has 3 N–H and O–H groups in total. The van der Waals surface area contributed by atoms with Crippen molar-refractivity contribution in [1.82, 2.24) is 0 Å². The van der Waals surface area contributed by atoms with E-state index in [0.29, 0.717) is 6.42 Å². The average molecular weight is 149 g/mol. The van der Waals surface area contributed by atoms with E-state index < -0.39 is 18.2 Å². The van der Waals surface area contributed by atoms with Gasteiger partial charge in [0.1, 0.15) is 5.97 Å². The van der Waals surface area contributed by atoms with Crippen LogP contribution >= 0.6 is 0 Å². The maximum Gasteiger partial charge on any atom is 0.157 e. The van der Waals surface area contributed by atoms with E-state index in [-0.39, 0.29) is 6.42 Å². The molecule has 10 heavy (non-hydrogen) atoms. The Kier molecular flexibility index (Phi) is 3.95. The van der Waals surface area contributed by atoms with Crippen molar-refractivity contribution in [2.45, 2.75) is 32.0 Å². The summed E-state index contributed by atoms with van der Waals surface area (Å²) in [5, 5.41) is 10.0. The number of carboxylic acid groups (broad SMARTS) is 1. The number of carboxylic acids is 1. The molecule has 4 heteroatoms. The largest absolute Gasteiger partial charge is 0.544 e. The molecule has 0 amide bonds.